The number of carbonyl (C=O) groups is 2. The molecule has 0 saturated carbocycles. The van der Waals surface area contributed by atoms with Crippen LogP contribution in [0.4, 0.5) is 18.9 Å². The van der Waals surface area contributed by atoms with E-state index in [1.54, 1.807) is 28.3 Å². The maximum atomic E-state index is 12.9. The number of anilines is 1. The fourth-order valence-electron chi connectivity index (χ4n) is 2.84. The zero-order valence-corrected chi connectivity index (χ0v) is 16.9. The number of hydrogen-bond acceptors (Lipinski definition) is 3. The highest BCUT2D eigenvalue weighted by atomic mass is 35.5. The van der Waals surface area contributed by atoms with Crippen molar-refractivity contribution in [1.29, 1.82) is 0 Å². The molecule has 3 aromatic rings. The van der Waals surface area contributed by atoms with E-state index in [1.165, 1.54) is 37.4 Å². The van der Waals surface area contributed by atoms with Crippen LogP contribution < -0.4 is 15.4 Å². The molecule has 0 aliphatic carbocycles. The first kappa shape index (κ1) is 22.2. The van der Waals surface area contributed by atoms with Gasteiger partial charge in [-0.3, -0.25) is 9.59 Å². The number of rotatable bonds is 6. The van der Waals surface area contributed by atoms with Gasteiger partial charge in [-0.1, -0.05) is 23.7 Å². The minimum absolute atomic E-state index is 0.0415. The van der Waals surface area contributed by atoms with Crippen LogP contribution in [0, 0.1) is 0 Å². The van der Waals surface area contributed by atoms with Crippen LogP contribution in [-0.2, 0) is 0 Å². The largest absolute Gasteiger partial charge is 0.496 e. The van der Waals surface area contributed by atoms with E-state index in [2.05, 4.69) is 5.32 Å². The molecule has 6 nitrogen and oxygen atoms in total. The molecule has 0 atom stereocenters. The molecule has 0 bridgehead atoms. The van der Waals surface area contributed by atoms with E-state index < -0.39 is 24.5 Å². The SMILES string of the molecule is COc1cc(-n2cccc2)c(Cl)cc1C(=O)Nc1ccccc1C(=O)NCC(F)(F)F. The Balaban J connectivity index is 1.87. The number of alkyl halides is 3. The van der Waals surface area contributed by atoms with Crippen molar-refractivity contribution in [2.24, 2.45) is 0 Å². The normalized spacial score (nSPS) is 11.1. The van der Waals surface area contributed by atoms with Crippen LogP contribution in [0.1, 0.15) is 20.7 Å². The van der Waals surface area contributed by atoms with Gasteiger partial charge in [0.15, 0.2) is 0 Å². The van der Waals surface area contributed by atoms with Gasteiger partial charge in [-0.25, -0.2) is 0 Å². The number of carbonyl (C=O) groups excluding carboxylic acids is 2. The summed E-state index contributed by atoms with van der Waals surface area (Å²) in [6.45, 7) is -1.49. The molecule has 0 fully saturated rings. The van der Waals surface area contributed by atoms with Crippen LogP contribution in [0.15, 0.2) is 60.9 Å². The Labute approximate surface area is 180 Å². The lowest BCUT2D eigenvalue weighted by atomic mass is 10.1. The Morgan fingerprint density at radius 3 is 2.35 bits per heavy atom. The third kappa shape index (κ3) is 5.37. The number of halogens is 4. The van der Waals surface area contributed by atoms with E-state index in [9.17, 15) is 22.8 Å². The Morgan fingerprint density at radius 2 is 1.71 bits per heavy atom. The molecule has 0 spiro atoms. The molecular formula is C21H17ClF3N3O3. The summed E-state index contributed by atoms with van der Waals surface area (Å²) in [4.78, 5) is 25.0. The number of nitrogens with one attached hydrogen (secondary N) is 2. The van der Waals surface area contributed by atoms with E-state index in [0.29, 0.717) is 5.69 Å². The van der Waals surface area contributed by atoms with Crippen molar-refractivity contribution in [3.05, 3.63) is 77.1 Å². The molecule has 0 unspecified atom stereocenters. The number of benzene rings is 2. The predicted octanol–water partition coefficient (Wildman–Crippen LogP) is 4.68. The third-order valence-corrected chi connectivity index (χ3v) is 4.57. The molecule has 2 N–H and O–H groups in total. The van der Waals surface area contributed by atoms with Crippen molar-refractivity contribution >= 4 is 29.1 Å². The molecule has 0 aliphatic rings. The highest BCUT2D eigenvalue weighted by molar-refractivity contribution is 6.33. The summed E-state index contributed by atoms with van der Waals surface area (Å²) in [6, 6.07) is 12.3. The van der Waals surface area contributed by atoms with E-state index in [-0.39, 0.29) is 27.6 Å². The molecule has 1 heterocycles. The molecule has 1 aromatic heterocycles. The van der Waals surface area contributed by atoms with Gasteiger partial charge in [-0.05, 0) is 30.3 Å². The van der Waals surface area contributed by atoms with E-state index in [1.807, 2.05) is 12.1 Å². The van der Waals surface area contributed by atoms with E-state index in [0.717, 1.165) is 0 Å². The molecule has 162 valence electrons. The average Bonchev–Trinajstić information content (AvgIpc) is 3.26. The van der Waals surface area contributed by atoms with Crippen molar-refractivity contribution in [1.82, 2.24) is 9.88 Å². The van der Waals surface area contributed by atoms with Crippen LogP contribution in [0.3, 0.4) is 0 Å². The monoisotopic (exact) mass is 451 g/mol. The third-order valence-electron chi connectivity index (χ3n) is 4.27. The molecule has 0 aliphatic heterocycles. The fraction of sp³-hybridized carbons (Fsp3) is 0.143. The first-order chi connectivity index (χ1) is 14.7. The maximum absolute atomic E-state index is 12.9. The summed E-state index contributed by atoms with van der Waals surface area (Å²) in [5.41, 5.74) is 0.606. The summed E-state index contributed by atoms with van der Waals surface area (Å²) in [5.74, 6) is -1.39. The summed E-state index contributed by atoms with van der Waals surface area (Å²) < 4.78 is 44.3. The van der Waals surface area contributed by atoms with Crippen molar-refractivity contribution < 1.29 is 27.5 Å². The van der Waals surface area contributed by atoms with Crippen LogP contribution in [0.25, 0.3) is 5.69 Å². The lowest BCUT2D eigenvalue weighted by Gasteiger charge is -2.15. The maximum Gasteiger partial charge on any atom is 0.405 e. The van der Waals surface area contributed by atoms with Gasteiger partial charge in [0.1, 0.15) is 12.3 Å². The lowest BCUT2D eigenvalue weighted by molar-refractivity contribution is -0.123. The minimum atomic E-state index is -4.56. The number of aromatic nitrogens is 1. The molecule has 0 saturated heterocycles. The zero-order valence-electron chi connectivity index (χ0n) is 16.2. The topological polar surface area (TPSA) is 72.4 Å². The Kier molecular flexibility index (Phi) is 6.55. The van der Waals surface area contributed by atoms with Gasteiger partial charge in [0, 0.05) is 18.5 Å². The quantitative estimate of drug-likeness (QED) is 0.571. The van der Waals surface area contributed by atoms with Crippen LogP contribution in [0.5, 0.6) is 5.75 Å². The number of hydrogen-bond donors (Lipinski definition) is 2. The summed E-state index contributed by atoms with van der Waals surface area (Å²) >= 11 is 6.34. The predicted molar refractivity (Wildman–Crippen MR) is 110 cm³/mol. The number of para-hydroxylation sites is 1. The van der Waals surface area contributed by atoms with Crippen LogP contribution in [-0.4, -0.2) is 36.2 Å². The van der Waals surface area contributed by atoms with Gasteiger partial charge >= 0.3 is 6.18 Å². The molecule has 2 amide bonds. The Bertz CT molecular complexity index is 1100. The van der Waals surface area contributed by atoms with Crippen molar-refractivity contribution in [2.45, 2.75) is 6.18 Å². The van der Waals surface area contributed by atoms with E-state index in [4.69, 9.17) is 16.3 Å². The first-order valence-electron chi connectivity index (χ1n) is 8.96. The molecule has 31 heavy (non-hydrogen) atoms. The van der Waals surface area contributed by atoms with Crippen LogP contribution >= 0.6 is 11.6 Å². The molecule has 0 radical (unpaired) electrons. The first-order valence-corrected chi connectivity index (χ1v) is 9.33. The van der Waals surface area contributed by atoms with Gasteiger partial charge in [0.05, 0.1) is 34.6 Å². The van der Waals surface area contributed by atoms with Crippen molar-refractivity contribution in [3.8, 4) is 11.4 Å². The second-order valence-electron chi connectivity index (χ2n) is 6.39. The standard InChI is InChI=1S/C21H17ClF3N3O3/c1-31-18-11-17(28-8-4-5-9-28)15(22)10-14(18)20(30)27-16-7-3-2-6-13(16)19(29)26-12-21(23,24)25/h2-11H,12H2,1H3,(H,26,29)(H,27,30). The summed E-state index contributed by atoms with van der Waals surface area (Å²) in [5, 5.41) is 4.59. The summed E-state index contributed by atoms with van der Waals surface area (Å²) in [6.07, 6.45) is -1.01. The molecule has 3 rings (SSSR count). The fourth-order valence-corrected chi connectivity index (χ4v) is 3.10. The van der Waals surface area contributed by atoms with Crippen molar-refractivity contribution in [3.63, 3.8) is 0 Å². The second-order valence-corrected chi connectivity index (χ2v) is 6.80. The molecular weight excluding hydrogens is 435 g/mol. The number of ether oxygens (including phenoxy) is 1. The average molecular weight is 452 g/mol. The number of amides is 2. The van der Waals surface area contributed by atoms with Crippen molar-refractivity contribution in [2.75, 3.05) is 19.0 Å². The zero-order chi connectivity index (χ0) is 22.6. The smallest absolute Gasteiger partial charge is 0.405 e. The Hall–Kier alpha value is -3.46. The van der Waals surface area contributed by atoms with Gasteiger partial charge in [0.2, 0.25) is 0 Å². The summed E-state index contributed by atoms with van der Waals surface area (Å²) in [7, 11) is 1.39. The van der Waals surface area contributed by atoms with Gasteiger partial charge < -0.3 is 19.9 Å². The van der Waals surface area contributed by atoms with Gasteiger partial charge in [-0.2, -0.15) is 13.2 Å². The highest BCUT2D eigenvalue weighted by Gasteiger charge is 2.28. The van der Waals surface area contributed by atoms with Gasteiger partial charge in [0.25, 0.3) is 11.8 Å². The number of nitrogens with zero attached hydrogens (tertiary/aromatic N) is 1. The van der Waals surface area contributed by atoms with Crippen LogP contribution in [0.2, 0.25) is 5.02 Å². The minimum Gasteiger partial charge on any atom is -0.496 e. The van der Waals surface area contributed by atoms with Gasteiger partial charge in [-0.15, -0.1) is 0 Å². The second kappa shape index (κ2) is 9.13. The highest BCUT2D eigenvalue weighted by Crippen LogP contribution is 2.31. The molecule has 10 heteroatoms. The number of methoxy groups -OCH3 is 1. The molecule has 2 aromatic carbocycles. The Morgan fingerprint density at radius 1 is 1.03 bits per heavy atom. The van der Waals surface area contributed by atoms with E-state index >= 15 is 0 Å². The lowest BCUT2D eigenvalue weighted by Crippen LogP contribution is -2.34.